The highest BCUT2D eigenvalue weighted by molar-refractivity contribution is 6.08. The van der Waals surface area contributed by atoms with Gasteiger partial charge >= 0.3 is 0 Å². The minimum absolute atomic E-state index is 0.128. The molecular weight excluding hydrogens is 292 g/mol. The van der Waals surface area contributed by atoms with Crippen LogP contribution in [0.5, 0.6) is 0 Å². The molecule has 1 heteroatoms. The molecule has 134 valence electrons. The number of rotatable bonds is 5. The fraction of sp³-hybridized carbons (Fsp3) is 0.696. The van der Waals surface area contributed by atoms with Gasteiger partial charge in [0.25, 0.3) is 0 Å². The number of hydrogen-bond donors (Lipinski definition) is 0. The van der Waals surface area contributed by atoms with Gasteiger partial charge in [-0.25, -0.2) is 0 Å². The van der Waals surface area contributed by atoms with Gasteiger partial charge in [-0.05, 0) is 79.9 Å². The minimum Gasteiger partial charge on any atom is -0.294 e. The van der Waals surface area contributed by atoms with E-state index in [4.69, 9.17) is 0 Å². The summed E-state index contributed by atoms with van der Waals surface area (Å²) in [6.07, 6.45) is 8.68. The van der Waals surface area contributed by atoms with Crippen molar-refractivity contribution >= 4 is 5.78 Å². The van der Waals surface area contributed by atoms with Crippen LogP contribution in [0.4, 0.5) is 0 Å². The van der Waals surface area contributed by atoms with Crippen LogP contribution in [0.3, 0.4) is 0 Å². The first-order chi connectivity index (χ1) is 11.3. The summed E-state index contributed by atoms with van der Waals surface area (Å²) in [5.41, 5.74) is 4.63. The maximum absolute atomic E-state index is 13.6. The molecule has 1 nitrogen and oxygen atoms in total. The Kier molecular flexibility index (Phi) is 5.94. The number of carbonyl (C=O) groups excluding carboxylic acids is 1. The van der Waals surface area contributed by atoms with Crippen LogP contribution in [0.15, 0.2) is 34.9 Å². The van der Waals surface area contributed by atoms with E-state index in [1.165, 1.54) is 29.6 Å². The third-order valence-electron chi connectivity index (χ3n) is 6.58. The Morgan fingerprint density at radius 3 is 2.33 bits per heavy atom. The summed E-state index contributed by atoms with van der Waals surface area (Å²) < 4.78 is 0. The SMILES string of the molecule is C=C(C1=C(/C(=C\C)C(C)CC)C(=O)C2(CCC(C)CC2)C1)C(C)C. The summed E-state index contributed by atoms with van der Waals surface area (Å²) in [4.78, 5) is 13.6. The second kappa shape index (κ2) is 7.42. The van der Waals surface area contributed by atoms with E-state index in [9.17, 15) is 4.79 Å². The van der Waals surface area contributed by atoms with Crippen LogP contribution in [-0.2, 0) is 4.79 Å². The number of allylic oxidation sites excluding steroid dienone is 5. The maximum Gasteiger partial charge on any atom is 0.169 e. The molecule has 2 aliphatic rings. The summed E-state index contributed by atoms with van der Waals surface area (Å²) in [5, 5.41) is 0. The van der Waals surface area contributed by atoms with Gasteiger partial charge in [0, 0.05) is 11.0 Å². The molecule has 1 saturated carbocycles. The van der Waals surface area contributed by atoms with E-state index in [1.807, 2.05) is 0 Å². The molecule has 0 saturated heterocycles. The molecule has 2 rings (SSSR count). The smallest absolute Gasteiger partial charge is 0.169 e. The molecule has 0 amide bonds. The first-order valence-corrected chi connectivity index (χ1v) is 9.91. The van der Waals surface area contributed by atoms with Crippen LogP contribution in [-0.4, -0.2) is 5.78 Å². The molecule has 0 aromatic carbocycles. The topological polar surface area (TPSA) is 17.1 Å². The molecule has 0 radical (unpaired) electrons. The largest absolute Gasteiger partial charge is 0.294 e. The van der Waals surface area contributed by atoms with Gasteiger partial charge in [0.1, 0.15) is 0 Å². The lowest BCUT2D eigenvalue weighted by Crippen LogP contribution is -2.33. The Morgan fingerprint density at radius 1 is 1.29 bits per heavy atom. The van der Waals surface area contributed by atoms with E-state index < -0.39 is 0 Å². The average Bonchev–Trinajstić information content (AvgIpc) is 2.84. The number of hydrogen-bond acceptors (Lipinski definition) is 1. The first kappa shape index (κ1) is 19.2. The molecule has 0 aliphatic heterocycles. The van der Waals surface area contributed by atoms with Gasteiger partial charge in [0.2, 0.25) is 0 Å². The zero-order chi connectivity index (χ0) is 18.1. The summed E-state index contributed by atoms with van der Waals surface area (Å²) in [5.74, 6) is 2.02. The van der Waals surface area contributed by atoms with E-state index in [1.54, 1.807) is 0 Å². The summed E-state index contributed by atoms with van der Waals surface area (Å²) in [6, 6.07) is 0. The van der Waals surface area contributed by atoms with Gasteiger partial charge in [-0.3, -0.25) is 4.79 Å². The van der Waals surface area contributed by atoms with Gasteiger partial charge in [0.15, 0.2) is 5.78 Å². The zero-order valence-corrected chi connectivity index (χ0v) is 16.7. The van der Waals surface area contributed by atoms with Gasteiger partial charge in [-0.15, -0.1) is 0 Å². The Bertz CT molecular complexity index is 565. The lowest BCUT2D eigenvalue weighted by molar-refractivity contribution is -0.125. The Balaban J connectivity index is 2.49. The summed E-state index contributed by atoms with van der Waals surface area (Å²) in [7, 11) is 0. The van der Waals surface area contributed by atoms with Crippen LogP contribution < -0.4 is 0 Å². The molecule has 0 aromatic heterocycles. The van der Waals surface area contributed by atoms with E-state index >= 15 is 0 Å². The zero-order valence-electron chi connectivity index (χ0n) is 16.7. The van der Waals surface area contributed by atoms with Gasteiger partial charge in [0.05, 0.1) is 0 Å². The van der Waals surface area contributed by atoms with Crippen molar-refractivity contribution in [1.29, 1.82) is 0 Å². The van der Waals surface area contributed by atoms with Crippen molar-refractivity contribution in [2.45, 2.75) is 80.1 Å². The highest BCUT2D eigenvalue weighted by atomic mass is 16.1. The molecule has 0 heterocycles. The normalized spacial score (nSPS) is 29.7. The van der Waals surface area contributed by atoms with Gasteiger partial charge in [-0.1, -0.05) is 47.3 Å². The van der Waals surface area contributed by atoms with Crippen molar-refractivity contribution in [2.75, 3.05) is 0 Å². The molecule has 2 aliphatic carbocycles. The second-order valence-corrected chi connectivity index (χ2v) is 8.56. The van der Waals surface area contributed by atoms with Crippen LogP contribution >= 0.6 is 0 Å². The lowest BCUT2D eigenvalue weighted by atomic mass is 9.67. The average molecular weight is 329 g/mol. The van der Waals surface area contributed by atoms with E-state index in [2.05, 4.69) is 54.2 Å². The monoisotopic (exact) mass is 328 g/mol. The number of ketones is 1. The fourth-order valence-corrected chi connectivity index (χ4v) is 4.45. The predicted molar refractivity (Wildman–Crippen MR) is 104 cm³/mol. The number of Topliss-reactive ketones (excluding diaryl/α,β-unsaturated/α-hetero) is 1. The molecule has 1 fully saturated rings. The van der Waals surface area contributed by atoms with Crippen molar-refractivity contribution in [1.82, 2.24) is 0 Å². The third kappa shape index (κ3) is 3.32. The standard InChI is InChI=1S/C23H36O/c1-8-17(6)19(9-2)21-20(18(7)15(3)4)14-23(22(21)24)12-10-16(5)11-13-23/h9,15-17H,7-8,10-14H2,1-6H3/b19-9-. The first-order valence-electron chi connectivity index (χ1n) is 9.91. The second-order valence-electron chi connectivity index (χ2n) is 8.56. The molecule has 1 unspecified atom stereocenters. The maximum atomic E-state index is 13.6. The van der Waals surface area contributed by atoms with Crippen LogP contribution in [0.1, 0.15) is 80.1 Å². The van der Waals surface area contributed by atoms with Crippen molar-refractivity contribution in [3.8, 4) is 0 Å². The Hall–Kier alpha value is -1.11. The number of carbonyl (C=O) groups is 1. The molecule has 24 heavy (non-hydrogen) atoms. The highest BCUT2D eigenvalue weighted by Gasteiger charge is 2.49. The molecule has 1 spiro atoms. The molecular formula is C23H36O. The van der Waals surface area contributed by atoms with Crippen LogP contribution in [0.25, 0.3) is 0 Å². The van der Waals surface area contributed by atoms with Crippen LogP contribution in [0.2, 0.25) is 0 Å². The fourth-order valence-electron chi connectivity index (χ4n) is 4.45. The molecule has 0 N–H and O–H groups in total. The quantitative estimate of drug-likeness (QED) is 0.551. The van der Waals surface area contributed by atoms with E-state index in [0.29, 0.717) is 17.6 Å². The molecule has 0 aromatic rings. The summed E-state index contributed by atoms with van der Waals surface area (Å²) in [6.45, 7) is 17.6. The minimum atomic E-state index is -0.128. The van der Waals surface area contributed by atoms with Crippen molar-refractivity contribution in [3.05, 3.63) is 34.9 Å². The van der Waals surface area contributed by atoms with E-state index in [-0.39, 0.29) is 5.41 Å². The van der Waals surface area contributed by atoms with Gasteiger partial charge in [-0.2, -0.15) is 0 Å². The van der Waals surface area contributed by atoms with Crippen molar-refractivity contribution in [3.63, 3.8) is 0 Å². The molecule has 1 atom stereocenters. The van der Waals surface area contributed by atoms with Crippen molar-refractivity contribution < 1.29 is 4.79 Å². The van der Waals surface area contributed by atoms with Crippen molar-refractivity contribution in [2.24, 2.45) is 23.2 Å². The Morgan fingerprint density at radius 2 is 1.88 bits per heavy atom. The third-order valence-corrected chi connectivity index (χ3v) is 6.58. The summed E-state index contributed by atoms with van der Waals surface area (Å²) >= 11 is 0. The van der Waals surface area contributed by atoms with Crippen LogP contribution in [0, 0.1) is 23.2 Å². The molecule has 0 bridgehead atoms. The Labute approximate surface area is 149 Å². The van der Waals surface area contributed by atoms with E-state index in [0.717, 1.165) is 37.2 Å². The van der Waals surface area contributed by atoms with Gasteiger partial charge < -0.3 is 0 Å². The predicted octanol–water partition coefficient (Wildman–Crippen LogP) is 6.66. The lowest BCUT2D eigenvalue weighted by Gasteiger charge is -2.35. The highest BCUT2D eigenvalue weighted by Crippen LogP contribution is 2.54.